The molecule has 0 amide bonds. The maximum atomic E-state index is 5.12. The number of hydrogen-bond acceptors (Lipinski definition) is 4. The minimum atomic E-state index is 0.0141. The van der Waals surface area contributed by atoms with E-state index in [0.29, 0.717) is 17.5 Å². The molecule has 2 aliphatic rings. The number of aromatic nitrogens is 4. The van der Waals surface area contributed by atoms with Crippen LogP contribution in [0.15, 0.2) is 146 Å². The van der Waals surface area contributed by atoms with Gasteiger partial charge in [-0.15, -0.1) is 0 Å². The molecule has 1 saturated carbocycles. The largest absolute Gasteiger partial charge is 0.264 e. The predicted octanol–water partition coefficient (Wildman–Crippen LogP) is 10.8. The maximum Gasteiger partial charge on any atom is 0.164 e. The lowest BCUT2D eigenvalue weighted by Gasteiger charge is -2.36. The Morgan fingerprint density at radius 1 is 0.417 bits per heavy atom. The summed E-state index contributed by atoms with van der Waals surface area (Å²) in [5.41, 5.74) is 13.3. The van der Waals surface area contributed by atoms with Gasteiger partial charge in [-0.2, -0.15) is 0 Å². The van der Waals surface area contributed by atoms with E-state index < -0.39 is 0 Å². The van der Waals surface area contributed by atoms with Crippen LogP contribution in [0.3, 0.4) is 0 Å². The van der Waals surface area contributed by atoms with Crippen LogP contribution in [-0.4, -0.2) is 19.9 Å². The van der Waals surface area contributed by atoms with Crippen LogP contribution in [0, 0.1) is 0 Å². The highest BCUT2D eigenvalue weighted by Gasteiger charge is 2.44. The van der Waals surface area contributed by atoms with Crippen LogP contribution in [0.5, 0.6) is 0 Å². The molecule has 0 saturated heterocycles. The zero-order valence-electron chi connectivity index (χ0n) is 26.7. The minimum Gasteiger partial charge on any atom is -0.264 e. The first-order valence-electron chi connectivity index (χ1n) is 16.9. The molecule has 4 nitrogen and oxygen atoms in total. The van der Waals surface area contributed by atoms with Crippen molar-refractivity contribution in [3.05, 3.63) is 157 Å². The number of rotatable bonds is 5. The molecule has 2 aliphatic carbocycles. The van der Waals surface area contributed by atoms with Crippen molar-refractivity contribution in [2.24, 2.45) is 0 Å². The Labute approximate surface area is 281 Å². The summed E-state index contributed by atoms with van der Waals surface area (Å²) in [4.78, 5) is 19.6. The van der Waals surface area contributed by atoms with Crippen molar-refractivity contribution in [1.82, 2.24) is 19.9 Å². The van der Waals surface area contributed by atoms with Gasteiger partial charge >= 0.3 is 0 Å². The number of nitrogens with zero attached hydrogens (tertiary/aromatic N) is 4. The van der Waals surface area contributed by atoms with Crippen molar-refractivity contribution < 1.29 is 0 Å². The monoisotopic (exact) mass is 618 g/mol. The molecule has 2 aromatic heterocycles. The van der Waals surface area contributed by atoms with E-state index in [1.807, 2.05) is 54.9 Å². The zero-order chi connectivity index (χ0) is 31.9. The van der Waals surface area contributed by atoms with Gasteiger partial charge in [0, 0.05) is 34.5 Å². The fraction of sp³-hybridized carbons (Fsp3) is 0.136. The Morgan fingerprint density at radius 2 is 1.04 bits per heavy atom. The standard InChI is InChI=1S/C44H34N4/c1-4-14-30(15-5-1)41-46-42(31-16-6-2-7-17-31)48-43(47-41)36-20-9-8-19-34(36)35-21-12-22-38-40(35)37-24-23-32(33-18-13-27-45-29-33)28-39(37)44(38)25-10-3-11-26-44/h1-2,4-9,12-24,27-29H,3,10-11,25-26H2. The molecule has 5 aromatic carbocycles. The van der Waals surface area contributed by atoms with Crippen LogP contribution in [0.1, 0.15) is 43.2 Å². The Kier molecular flexibility index (Phi) is 7.01. The Hall–Kier alpha value is -5.74. The summed E-state index contributed by atoms with van der Waals surface area (Å²) in [5.74, 6) is 2.01. The Balaban J connectivity index is 1.26. The van der Waals surface area contributed by atoms with Gasteiger partial charge in [0.25, 0.3) is 0 Å². The lowest BCUT2D eigenvalue weighted by Crippen LogP contribution is -2.28. The molecule has 4 heteroatoms. The van der Waals surface area contributed by atoms with Gasteiger partial charge in [0.1, 0.15) is 0 Å². The molecule has 7 aromatic rings. The van der Waals surface area contributed by atoms with Gasteiger partial charge in [0.15, 0.2) is 17.5 Å². The molecular formula is C44H34N4. The molecule has 1 fully saturated rings. The third kappa shape index (κ3) is 4.75. The summed E-state index contributed by atoms with van der Waals surface area (Å²) in [5, 5.41) is 0. The lowest BCUT2D eigenvalue weighted by atomic mass is 9.67. The average molecular weight is 619 g/mol. The lowest BCUT2D eigenvalue weighted by molar-refractivity contribution is 0.353. The predicted molar refractivity (Wildman–Crippen MR) is 194 cm³/mol. The summed E-state index contributed by atoms with van der Waals surface area (Å²) in [6, 6.07) is 47.2. The van der Waals surface area contributed by atoms with Gasteiger partial charge in [-0.05, 0) is 69.5 Å². The first kappa shape index (κ1) is 28.5. The average Bonchev–Trinajstić information content (AvgIpc) is 3.44. The molecule has 0 bridgehead atoms. The van der Waals surface area contributed by atoms with Crippen LogP contribution in [0.4, 0.5) is 0 Å². The van der Waals surface area contributed by atoms with Gasteiger partial charge in [0.2, 0.25) is 0 Å². The summed E-state index contributed by atoms with van der Waals surface area (Å²) >= 11 is 0. The third-order valence-electron chi connectivity index (χ3n) is 10.2. The molecule has 0 atom stereocenters. The molecule has 1 spiro atoms. The quantitative estimate of drug-likeness (QED) is 0.193. The topological polar surface area (TPSA) is 51.6 Å². The molecule has 48 heavy (non-hydrogen) atoms. The van der Waals surface area contributed by atoms with E-state index in [2.05, 4.69) is 96.0 Å². The third-order valence-corrected chi connectivity index (χ3v) is 10.2. The molecule has 0 aliphatic heterocycles. The molecular weight excluding hydrogens is 585 g/mol. The Bertz CT molecular complexity index is 2200. The van der Waals surface area contributed by atoms with Crippen molar-refractivity contribution in [3.8, 4) is 67.5 Å². The van der Waals surface area contributed by atoms with Crippen molar-refractivity contribution in [2.75, 3.05) is 0 Å². The number of benzene rings is 5. The summed E-state index contributed by atoms with van der Waals surface area (Å²) in [6.45, 7) is 0. The highest BCUT2D eigenvalue weighted by molar-refractivity contribution is 5.97. The van der Waals surface area contributed by atoms with E-state index in [4.69, 9.17) is 15.0 Å². The number of fused-ring (bicyclic) bond motifs is 5. The van der Waals surface area contributed by atoms with E-state index in [1.165, 1.54) is 65.5 Å². The Morgan fingerprint density at radius 3 is 1.73 bits per heavy atom. The number of hydrogen-bond donors (Lipinski definition) is 0. The zero-order valence-corrected chi connectivity index (χ0v) is 26.7. The molecule has 2 heterocycles. The van der Waals surface area contributed by atoms with Crippen LogP contribution in [0.25, 0.3) is 67.5 Å². The maximum absolute atomic E-state index is 5.12. The highest BCUT2D eigenvalue weighted by Crippen LogP contribution is 2.58. The van der Waals surface area contributed by atoms with Crippen molar-refractivity contribution in [2.45, 2.75) is 37.5 Å². The second-order valence-corrected chi connectivity index (χ2v) is 13.0. The van der Waals surface area contributed by atoms with Gasteiger partial charge in [-0.25, -0.2) is 15.0 Å². The van der Waals surface area contributed by atoms with E-state index >= 15 is 0 Å². The van der Waals surface area contributed by atoms with Crippen LogP contribution in [-0.2, 0) is 5.41 Å². The summed E-state index contributed by atoms with van der Waals surface area (Å²) in [7, 11) is 0. The van der Waals surface area contributed by atoms with Gasteiger partial charge in [0.05, 0.1) is 0 Å². The van der Waals surface area contributed by atoms with E-state index in [-0.39, 0.29) is 5.41 Å². The molecule has 0 radical (unpaired) electrons. The van der Waals surface area contributed by atoms with Gasteiger partial charge in [-0.3, -0.25) is 4.98 Å². The molecule has 0 unspecified atom stereocenters. The second-order valence-electron chi connectivity index (χ2n) is 13.0. The molecule has 0 N–H and O–H groups in total. The summed E-state index contributed by atoms with van der Waals surface area (Å²) in [6.07, 6.45) is 9.94. The fourth-order valence-corrected chi connectivity index (χ4v) is 8.02. The highest BCUT2D eigenvalue weighted by atomic mass is 15.0. The first-order chi connectivity index (χ1) is 23.8. The van der Waals surface area contributed by atoms with Gasteiger partial charge in [-0.1, -0.05) is 141 Å². The normalized spacial score (nSPS) is 14.4. The fourth-order valence-electron chi connectivity index (χ4n) is 8.02. The van der Waals surface area contributed by atoms with Crippen LogP contribution >= 0.6 is 0 Å². The van der Waals surface area contributed by atoms with E-state index in [9.17, 15) is 0 Å². The van der Waals surface area contributed by atoms with E-state index in [0.717, 1.165) is 27.8 Å². The minimum absolute atomic E-state index is 0.0141. The van der Waals surface area contributed by atoms with Crippen molar-refractivity contribution in [3.63, 3.8) is 0 Å². The van der Waals surface area contributed by atoms with E-state index in [1.54, 1.807) is 0 Å². The van der Waals surface area contributed by atoms with Crippen molar-refractivity contribution in [1.29, 1.82) is 0 Å². The van der Waals surface area contributed by atoms with Crippen LogP contribution in [0.2, 0.25) is 0 Å². The molecule has 230 valence electrons. The molecule has 9 rings (SSSR count). The number of pyridine rings is 1. The van der Waals surface area contributed by atoms with Crippen molar-refractivity contribution >= 4 is 0 Å². The van der Waals surface area contributed by atoms with Crippen LogP contribution < -0.4 is 0 Å². The first-order valence-corrected chi connectivity index (χ1v) is 16.9. The SMILES string of the molecule is c1ccc(-c2nc(-c3ccccc3)nc(-c3ccccc3-c3cccc4c3-c3ccc(-c5cccnc5)cc3C43CCCCC3)n2)cc1. The second kappa shape index (κ2) is 11.8. The van der Waals surface area contributed by atoms with Gasteiger partial charge < -0.3 is 0 Å². The smallest absolute Gasteiger partial charge is 0.164 e. The summed E-state index contributed by atoms with van der Waals surface area (Å²) < 4.78 is 0.